The van der Waals surface area contributed by atoms with Crippen molar-refractivity contribution in [3.8, 4) is 0 Å². The molecule has 13 heavy (non-hydrogen) atoms. The Labute approximate surface area is 75.6 Å². The summed E-state index contributed by atoms with van der Waals surface area (Å²) in [5, 5.41) is 9.60. The normalized spacial score (nSPS) is 20.8. The second kappa shape index (κ2) is 2.33. The first kappa shape index (κ1) is 7.09. The first-order valence-electron chi connectivity index (χ1n) is 4.49. The van der Waals surface area contributed by atoms with Gasteiger partial charge >= 0.3 is 0 Å². The Morgan fingerprint density at radius 2 is 2.23 bits per heavy atom. The minimum absolute atomic E-state index is 0.368. The SMILES string of the molecule is OC1CCn2c1nc1ccccc12. The highest BCUT2D eigenvalue weighted by molar-refractivity contribution is 5.76. The number of hydrogen-bond donors (Lipinski definition) is 1. The maximum atomic E-state index is 9.60. The van der Waals surface area contributed by atoms with Crippen molar-refractivity contribution < 1.29 is 5.11 Å². The van der Waals surface area contributed by atoms with Crippen LogP contribution >= 0.6 is 0 Å². The molecule has 3 heteroatoms. The molecule has 3 nitrogen and oxygen atoms in total. The minimum atomic E-state index is -0.368. The van der Waals surface area contributed by atoms with E-state index in [9.17, 15) is 5.11 Å². The van der Waals surface area contributed by atoms with E-state index in [4.69, 9.17) is 0 Å². The van der Waals surface area contributed by atoms with Crippen LogP contribution in [0.15, 0.2) is 24.3 Å². The second-order valence-corrected chi connectivity index (χ2v) is 3.41. The van der Waals surface area contributed by atoms with E-state index >= 15 is 0 Å². The lowest BCUT2D eigenvalue weighted by atomic mass is 10.3. The lowest BCUT2D eigenvalue weighted by Gasteiger charge is -1.95. The van der Waals surface area contributed by atoms with E-state index in [1.807, 2.05) is 24.3 Å². The largest absolute Gasteiger partial charge is 0.385 e. The van der Waals surface area contributed by atoms with Gasteiger partial charge in [0.15, 0.2) is 0 Å². The Kier molecular flexibility index (Phi) is 1.27. The van der Waals surface area contributed by atoms with Gasteiger partial charge in [-0.25, -0.2) is 4.98 Å². The Morgan fingerprint density at radius 1 is 1.38 bits per heavy atom. The molecule has 1 atom stereocenters. The second-order valence-electron chi connectivity index (χ2n) is 3.41. The molecule has 1 unspecified atom stereocenters. The average molecular weight is 174 g/mol. The monoisotopic (exact) mass is 174 g/mol. The Hall–Kier alpha value is -1.35. The van der Waals surface area contributed by atoms with Crippen molar-refractivity contribution in [1.82, 2.24) is 9.55 Å². The molecule has 2 aromatic rings. The van der Waals surface area contributed by atoms with Gasteiger partial charge in [0.25, 0.3) is 0 Å². The van der Waals surface area contributed by atoms with Gasteiger partial charge in [-0.2, -0.15) is 0 Å². The molecule has 1 aliphatic heterocycles. The lowest BCUT2D eigenvalue weighted by Crippen LogP contribution is -1.93. The number of aryl methyl sites for hydroxylation is 1. The summed E-state index contributed by atoms with van der Waals surface area (Å²) in [5.41, 5.74) is 2.12. The smallest absolute Gasteiger partial charge is 0.138 e. The first-order valence-corrected chi connectivity index (χ1v) is 4.49. The van der Waals surface area contributed by atoms with Crippen molar-refractivity contribution in [2.24, 2.45) is 0 Å². The highest BCUT2D eigenvalue weighted by Gasteiger charge is 2.23. The molecule has 1 N–H and O–H groups in total. The third-order valence-corrected chi connectivity index (χ3v) is 2.61. The van der Waals surface area contributed by atoms with Gasteiger partial charge in [0.2, 0.25) is 0 Å². The predicted octanol–water partition coefficient (Wildman–Crippen LogP) is 1.47. The topological polar surface area (TPSA) is 38.0 Å². The van der Waals surface area contributed by atoms with Crippen molar-refractivity contribution in [2.75, 3.05) is 0 Å². The Balaban J connectivity index is 2.38. The molecule has 0 amide bonds. The third kappa shape index (κ3) is 0.848. The van der Waals surface area contributed by atoms with Crippen LogP contribution in [0.5, 0.6) is 0 Å². The molecular weight excluding hydrogens is 164 g/mol. The Morgan fingerprint density at radius 3 is 3.15 bits per heavy atom. The number of imidazole rings is 1. The fourth-order valence-corrected chi connectivity index (χ4v) is 1.96. The zero-order chi connectivity index (χ0) is 8.84. The van der Waals surface area contributed by atoms with Gasteiger partial charge in [-0.1, -0.05) is 12.1 Å². The summed E-state index contributed by atoms with van der Waals surface area (Å²) >= 11 is 0. The van der Waals surface area contributed by atoms with E-state index in [0.29, 0.717) is 0 Å². The molecule has 0 spiro atoms. The molecule has 1 aromatic carbocycles. The molecule has 1 aromatic heterocycles. The van der Waals surface area contributed by atoms with E-state index < -0.39 is 0 Å². The molecule has 0 aliphatic carbocycles. The molecule has 0 saturated heterocycles. The maximum absolute atomic E-state index is 9.60. The number of aromatic nitrogens is 2. The van der Waals surface area contributed by atoms with Crippen LogP contribution < -0.4 is 0 Å². The van der Waals surface area contributed by atoms with Crippen molar-refractivity contribution in [3.05, 3.63) is 30.1 Å². The number of hydrogen-bond acceptors (Lipinski definition) is 2. The predicted molar refractivity (Wildman–Crippen MR) is 49.3 cm³/mol. The fraction of sp³-hybridized carbons (Fsp3) is 0.300. The summed E-state index contributed by atoms with van der Waals surface area (Å²) in [5.74, 6) is 0.821. The maximum Gasteiger partial charge on any atom is 0.138 e. The molecule has 0 bridgehead atoms. The minimum Gasteiger partial charge on any atom is -0.385 e. The summed E-state index contributed by atoms with van der Waals surface area (Å²) in [4.78, 5) is 4.39. The van der Waals surface area contributed by atoms with Crippen LogP contribution in [0.3, 0.4) is 0 Å². The van der Waals surface area contributed by atoms with Crippen LogP contribution in [-0.2, 0) is 6.54 Å². The summed E-state index contributed by atoms with van der Waals surface area (Å²) in [7, 11) is 0. The van der Waals surface area contributed by atoms with E-state index in [1.165, 1.54) is 0 Å². The van der Waals surface area contributed by atoms with Crippen LogP contribution in [0.1, 0.15) is 18.3 Å². The highest BCUT2D eigenvalue weighted by Crippen LogP contribution is 2.28. The van der Waals surface area contributed by atoms with Crippen molar-refractivity contribution in [2.45, 2.75) is 19.1 Å². The number of aliphatic hydroxyl groups is 1. The zero-order valence-electron chi connectivity index (χ0n) is 7.14. The summed E-state index contributed by atoms with van der Waals surface area (Å²) in [6.45, 7) is 0.886. The van der Waals surface area contributed by atoms with Gasteiger partial charge in [-0.3, -0.25) is 0 Å². The number of rotatable bonds is 0. The van der Waals surface area contributed by atoms with Gasteiger partial charge in [-0.15, -0.1) is 0 Å². The van der Waals surface area contributed by atoms with Crippen LogP contribution in [-0.4, -0.2) is 14.7 Å². The van der Waals surface area contributed by atoms with Crippen LogP contribution in [0, 0.1) is 0 Å². The summed E-state index contributed by atoms with van der Waals surface area (Å²) in [6.07, 6.45) is 0.431. The quantitative estimate of drug-likeness (QED) is 0.656. The van der Waals surface area contributed by atoms with E-state index in [-0.39, 0.29) is 6.10 Å². The van der Waals surface area contributed by atoms with E-state index in [0.717, 1.165) is 29.8 Å². The van der Waals surface area contributed by atoms with Crippen LogP contribution in [0.2, 0.25) is 0 Å². The lowest BCUT2D eigenvalue weighted by molar-refractivity contribution is 0.176. The third-order valence-electron chi connectivity index (χ3n) is 2.61. The molecule has 3 rings (SSSR count). The van der Waals surface area contributed by atoms with Crippen LogP contribution in [0.25, 0.3) is 11.0 Å². The molecule has 1 aliphatic rings. The highest BCUT2D eigenvalue weighted by atomic mass is 16.3. The van der Waals surface area contributed by atoms with Gasteiger partial charge < -0.3 is 9.67 Å². The molecule has 0 radical (unpaired) electrons. The fourth-order valence-electron chi connectivity index (χ4n) is 1.96. The average Bonchev–Trinajstić information content (AvgIpc) is 2.67. The van der Waals surface area contributed by atoms with Gasteiger partial charge in [0.1, 0.15) is 11.9 Å². The Bertz CT molecular complexity index is 461. The number of para-hydroxylation sites is 2. The molecule has 2 heterocycles. The number of benzene rings is 1. The van der Waals surface area contributed by atoms with Crippen molar-refractivity contribution in [1.29, 1.82) is 0 Å². The standard InChI is InChI=1S/C10H10N2O/c13-9-5-6-12-8-4-2-1-3-7(8)11-10(9)12/h1-4,9,13H,5-6H2. The van der Waals surface area contributed by atoms with E-state index in [2.05, 4.69) is 9.55 Å². The molecule has 0 fully saturated rings. The van der Waals surface area contributed by atoms with Gasteiger partial charge in [-0.05, 0) is 18.6 Å². The molecule has 0 saturated carbocycles. The summed E-state index contributed by atoms with van der Waals surface area (Å²) in [6, 6.07) is 8.00. The van der Waals surface area contributed by atoms with Gasteiger partial charge in [0, 0.05) is 6.54 Å². The number of aliphatic hydroxyl groups excluding tert-OH is 1. The van der Waals surface area contributed by atoms with E-state index in [1.54, 1.807) is 0 Å². The van der Waals surface area contributed by atoms with Crippen molar-refractivity contribution >= 4 is 11.0 Å². The molecular formula is C10H10N2O. The van der Waals surface area contributed by atoms with Crippen LogP contribution in [0.4, 0.5) is 0 Å². The number of nitrogens with zero attached hydrogens (tertiary/aromatic N) is 2. The number of fused-ring (bicyclic) bond motifs is 3. The first-order chi connectivity index (χ1) is 6.36. The molecule has 66 valence electrons. The van der Waals surface area contributed by atoms with Crippen molar-refractivity contribution in [3.63, 3.8) is 0 Å². The zero-order valence-corrected chi connectivity index (χ0v) is 7.14. The summed E-state index contributed by atoms with van der Waals surface area (Å²) < 4.78 is 2.10. The van der Waals surface area contributed by atoms with Gasteiger partial charge in [0.05, 0.1) is 11.0 Å².